The molecule has 3 aromatic rings. The molecule has 1 unspecified atom stereocenters. The van der Waals surface area contributed by atoms with Crippen LogP contribution in [0.5, 0.6) is 0 Å². The van der Waals surface area contributed by atoms with Crippen LogP contribution in [0.15, 0.2) is 79.6 Å². The normalized spacial score (nSPS) is 13.0. The zero-order valence-corrected chi connectivity index (χ0v) is 19.8. The minimum atomic E-state index is -0.966. The summed E-state index contributed by atoms with van der Waals surface area (Å²) in [6, 6.07) is 11.8. The van der Waals surface area contributed by atoms with E-state index in [9.17, 15) is 4.39 Å². The van der Waals surface area contributed by atoms with E-state index in [2.05, 4.69) is 37.4 Å². The summed E-state index contributed by atoms with van der Waals surface area (Å²) in [7, 11) is 1.98. The summed E-state index contributed by atoms with van der Waals surface area (Å²) in [5, 5.41) is 6.41. The first-order valence-corrected chi connectivity index (χ1v) is 10.9. The average molecular weight is 450 g/mol. The van der Waals surface area contributed by atoms with Gasteiger partial charge in [-0.3, -0.25) is 0 Å². The number of halogens is 2. The summed E-state index contributed by atoms with van der Waals surface area (Å²) in [4.78, 5) is 2.03. The third kappa shape index (κ3) is 4.86. The van der Waals surface area contributed by atoms with Crippen molar-refractivity contribution in [3.8, 4) is 5.69 Å². The summed E-state index contributed by atoms with van der Waals surface area (Å²) in [5.74, 6) is 0. The fourth-order valence-electron chi connectivity index (χ4n) is 3.82. The van der Waals surface area contributed by atoms with Crippen molar-refractivity contribution in [1.29, 1.82) is 0 Å². The molecule has 0 saturated carbocycles. The Morgan fingerprint density at radius 2 is 2.03 bits per heavy atom. The second kappa shape index (κ2) is 10.0. The summed E-state index contributed by atoms with van der Waals surface area (Å²) >= 11 is 6.31. The van der Waals surface area contributed by atoms with E-state index in [4.69, 9.17) is 16.7 Å². The van der Waals surface area contributed by atoms with Crippen molar-refractivity contribution < 1.29 is 4.39 Å². The van der Waals surface area contributed by atoms with Gasteiger partial charge in [-0.05, 0) is 56.2 Å². The number of likely N-dealkylation sites (N-methyl/N-ethyl adjacent to an activating group) is 1. The van der Waals surface area contributed by atoms with E-state index in [1.807, 2.05) is 54.8 Å². The average Bonchev–Trinajstić information content (AvgIpc) is 3.09. The van der Waals surface area contributed by atoms with Crippen LogP contribution in [-0.4, -0.2) is 27.9 Å². The van der Waals surface area contributed by atoms with Gasteiger partial charge in [-0.1, -0.05) is 61.2 Å². The van der Waals surface area contributed by atoms with Gasteiger partial charge in [-0.25, -0.2) is 9.07 Å². The Labute approximate surface area is 194 Å². The number of aromatic nitrogens is 2. The smallest absolute Gasteiger partial charge is 0.101 e. The minimum absolute atomic E-state index is 0.297. The second-order valence-electron chi connectivity index (χ2n) is 7.81. The SMILES string of the molecule is C=C/C=C\C(=C)N(C)/C(=C\C)c1ccc2c(C)nn(-c3cc(Cl)ccc3CC(C)F)c2c1. The first-order chi connectivity index (χ1) is 15.3. The standard InChI is InChI=1S/C27H29ClFN3/c1-7-9-10-19(4)31(6)25(8-2)22-12-14-24-20(5)30-32(27(24)16-22)26-17-23(28)13-11-21(26)15-18(3)29/h7-14,16-18H,1,4,15H2,2-3,5-6H3/b10-9-,25-8-. The van der Waals surface area contributed by atoms with Gasteiger partial charge in [0, 0.05) is 35.3 Å². The molecule has 0 N–H and O–H groups in total. The van der Waals surface area contributed by atoms with Crippen molar-refractivity contribution in [2.24, 2.45) is 0 Å². The van der Waals surface area contributed by atoms with E-state index in [-0.39, 0.29) is 0 Å². The summed E-state index contributed by atoms with van der Waals surface area (Å²) < 4.78 is 15.7. The number of aryl methyl sites for hydroxylation is 1. The Bertz CT molecular complexity index is 1220. The van der Waals surface area contributed by atoms with Crippen molar-refractivity contribution >= 4 is 28.2 Å². The lowest BCUT2D eigenvalue weighted by molar-refractivity contribution is 0.360. The highest BCUT2D eigenvalue weighted by Gasteiger charge is 2.17. The molecule has 0 spiro atoms. The first-order valence-electron chi connectivity index (χ1n) is 10.6. The molecular weight excluding hydrogens is 421 g/mol. The van der Waals surface area contributed by atoms with Gasteiger partial charge in [0.15, 0.2) is 0 Å². The van der Waals surface area contributed by atoms with E-state index < -0.39 is 6.17 Å². The Morgan fingerprint density at radius 3 is 2.69 bits per heavy atom. The zero-order chi connectivity index (χ0) is 23.4. The fourth-order valence-corrected chi connectivity index (χ4v) is 3.99. The molecule has 0 aliphatic rings. The maximum Gasteiger partial charge on any atom is 0.101 e. The quantitative estimate of drug-likeness (QED) is 0.333. The highest BCUT2D eigenvalue weighted by atomic mass is 35.5. The number of benzene rings is 2. The Hall–Kier alpha value is -3.11. The maximum absolute atomic E-state index is 13.9. The van der Waals surface area contributed by atoms with E-state index in [0.29, 0.717) is 11.4 Å². The molecule has 0 saturated heterocycles. The largest absolute Gasteiger partial charge is 0.345 e. The molecule has 1 aromatic heterocycles. The van der Waals surface area contributed by atoms with Gasteiger partial charge in [-0.2, -0.15) is 5.10 Å². The number of alkyl halides is 1. The minimum Gasteiger partial charge on any atom is -0.345 e. The molecule has 3 nitrogen and oxygen atoms in total. The molecule has 2 aromatic carbocycles. The maximum atomic E-state index is 13.9. The Morgan fingerprint density at radius 1 is 1.28 bits per heavy atom. The molecule has 0 bridgehead atoms. The molecule has 0 aliphatic carbocycles. The van der Waals surface area contributed by atoms with E-state index >= 15 is 0 Å². The molecule has 166 valence electrons. The summed E-state index contributed by atoms with van der Waals surface area (Å²) in [5.41, 5.74) is 6.39. The first kappa shape index (κ1) is 23.6. The molecule has 5 heteroatoms. The highest BCUT2D eigenvalue weighted by molar-refractivity contribution is 6.30. The molecule has 0 radical (unpaired) electrons. The van der Waals surface area contributed by atoms with Gasteiger partial charge in [-0.15, -0.1) is 0 Å². The molecule has 0 aliphatic heterocycles. The molecule has 1 heterocycles. The van der Waals surface area contributed by atoms with E-state index in [1.165, 1.54) is 0 Å². The second-order valence-corrected chi connectivity index (χ2v) is 8.24. The number of nitrogens with zero attached hydrogens (tertiary/aromatic N) is 3. The van der Waals surface area contributed by atoms with Crippen LogP contribution < -0.4 is 0 Å². The van der Waals surface area contributed by atoms with Crippen molar-refractivity contribution in [3.63, 3.8) is 0 Å². The van der Waals surface area contributed by atoms with Crippen LogP contribution in [0.1, 0.15) is 30.7 Å². The zero-order valence-electron chi connectivity index (χ0n) is 19.1. The van der Waals surface area contributed by atoms with Crippen LogP contribution in [0.2, 0.25) is 5.02 Å². The van der Waals surface area contributed by atoms with E-state index in [1.54, 1.807) is 19.1 Å². The number of hydrogen-bond acceptors (Lipinski definition) is 2. The van der Waals surface area contributed by atoms with Crippen LogP contribution in [0.3, 0.4) is 0 Å². The molecule has 0 amide bonds. The van der Waals surface area contributed by atoms with Crippen LogP contribution in [0, 0.1) is 6.92 Å². The molecular formula is C27H29ClFN3. The van der Waals surface area contributed by atoms with Gasteiger partial charge < -0.3 is 4.90 Å². The fraction of sp³-hybridized carbons (Fsp3) is 0.222. The number of hydrogen-bond donors (Lipinski definition) is 0. The van der Waals surface area contributed by atoms with Gasteiger partial charge in [0.2, 0.25) is 0 Å². The lowest BCUT2D eigenvalue weighted by Crippen LogP contribution is -2.14. The van der Waals surface area contributed by atoms with Gasteiger partial charge in [0.05, 0.1) is 16.9 Å². The highest BCUT2D eigenvalue weighted by Crippen LogP contribution is 2.30. The molecule has 1 atom stereocenters. The van der Waals surface area contributed by atoms with Gasteiger partial charge in [0.25, 0.3) is 0 Å². The van der Waals surface area contributed by atoms with Crippen LogP contribution in [-0.2, 0) is 6.42 Å². The van der Waals surface area contributed by atoms with Gasteiger partial charge in [0.1, 0.15) is 6.17 Å². The third-order valence-corrected chi connectivity index (χ3v) is 5.66. The molecule has 0 fully saturated rings. The number of allylic oxidation sites excluding steroid dienone is 4. The van der Waals surface area contributed by atoms with Crippen molar-refractivity contribution in [2.45, 2.75) is 33.4 Å². The Balaban J connectivity index is 2.16. The molecule has 32 heavy (non-hydrogen) atoms. The van der Waals surface area contributed by atoms with Crippen LogP contribution >= 0.6 is 11.6 Å². The summed E-state index contributed by atoms with van der Waals surface area (Å²) in [6.07, 6.45) is 6.89. The van der Waals surface area contributed by atoms with Crippen molar-refractivity contribution in [1.82, 2.24) is 14.7 Å². The van der Waals surface area contributed by atoms with Crippen molar-refractivity contribution in [2.75, 3.05) is 7.05 Å². The van der Waals surface area contributed by atoms with Crippen molar-refractivity contribution in [3.05, 3.63) is 101 Å². The topological polar surface area (TPSA) is 21.1 Å². The van der Waals surface area contributed by atoms with Crippen LogP contribution in [0.25, 0.3) is 22.3 Å². The summed E-state index contributed by atoms with van der Waals surface area (Å²) in [6.45, 7) is 13.4. The predicted octanol–water partition coefficient (Wildman–Crippen LogP) is 7.44. The number of fused-ring (bicyclic) bond motifs is 1. The van der Waals surface area contributed by atoms with Crippen LogP contribution in [0.4, 0.5) is 4.39 Å². The Kier molecular flexibility index (Phi) is 7.37. The molecule has 3 rings (SSSR count). The third-order valence-electron chi connectivity index (χ3n) is 5.43. The van der Waals surface area contributed by atoms with Gasteiger partial charge >= 0.3 is 0 Å². The lowest BCUT2D eigenvalue weighted by atomic mass is 10.1. The lowest BCUT2D eigenvalue weighted by Gasteiger charge is -2.23. The van der Waals surface area contributed by atoms with E-state index in [0.717, 1.165) is 44.8 Å². The predicted molar refractivity (Wildman–Crippen MR) is 135 cm³/mol. The monoisotopic (exact) mass is 449 g/mol. The number of rotatable bonds is 8.